The molecular weight excluding hydrogens is 400 g/mol. The zero-order valence-corrected chi connectivity index (χ0v) is 17.9. The first-order valence-corrected chi connectivity index (χ1v) is 13.1. The van der Waals surface area contributed by atoms with E-state index in [0.717, 1.165) is 33.9 Å². The van der Waals surface area contributed by atoms with Crippen LogP contribution in [-0.4, -0.2) is 13.7 Å². The van der Waals surface area contributed by atoms with Crippen LogP contribution in [0.3, 0.4) is 0 Å². The summed E-state index contributed by atoms with van der Waals surface area (Å²) in [6.07, 6.45) is 4.34. The van der Waals surface area contributed by atoms with Crippen molar-refractivity contribution in [3.63, 3.8) is 0 Å². The van der Waals surface area contributed by atoms with Gasteiger partial charge in [-0.3, -0.25) is 0 Å². The molecule has 5 heteroatoms. The van der Waals surface area contributed by atoms with Gasteiger partial charge in [-0.05, 0) is 59.5 Å². The van der Waals surface area contributed by atoms with Gasteiger partial charge in [0.2, 0.25) is 0 Å². The maximum Gasteiger partial charge on any atom is 0.280 e. The summed E-state index contributed by atoms with van der Waals surface area (Å²) in [5.41, 5.74) is 0. The monoisotopic (exact) mass is 426 g/mol. The van der Waals surface area contributed by atoms with Crippen LogP contribution in [0.15, 0.2) is 106 Å². The van der Waals surface area contributed by atoms with Crippen molar-refractivity contribution in [1.82, 2.24) is 0 Å². The molecule has 0 amide bonds. The first-order chi connectivity index (χ1) is 14.1. The summed E-state index contributed by atoms with van der Waals surface area (Å²) in [4.78, 5) is 2.66. The molecule has 0 spiro atoms. The van der Waals surface area contributed by atoms with Crippen molar-refractivity contribution < 1.29 is 12.0 Å². The molecular formula is C24H26O3S2. The van der Waals surface area contributed by atoms with E-state index >= 15 is 0 Å². The summed E-state index contributed by atoms with van der Waals surface area (Å²) >= 11 is 0. The van der Waals surface area contributed by atoms with E-state index in [1.165, 1.54) is 0 Å². The van der Waals surface area contributed by atoms with Crippen LogP contribution in [-0.2, 0) is 13.7 Å². The zero-order valence-electron chi connectivity index (χ0n) is 16.3. The van der Waals surface area contributed by atoms with Gasteiger partial charge in [-0.15, -0.1) is 0 Å². The average Bonchev–Trinajstić information content (AvgIpc) is 2.80. The summed E-state index contributed by atoms with van der Waals surface area (Å²) in [6, 6.07) is 29.4. The molecule has 152 valence electrons. The molecule has 0 aromatic heterocycles. The van der Waals surface area contributed by atoms with Crippen molar-refractivity contribution in [3.8, 4) is 0 Å². The van der Waals surface area contributed by atoms with Crippen LogP contribution in [0, 0.1) is 0 Å². The number of hydrogen-bond donors (Lipinski definition) is 0. The number of benzene rings is 3. The normalized spacial score (nSPS) is 16.4. The molecule has 29 heavy (non-hydrogen) atoms. The lowest BCUT2D eigenvalue weighted by molar-refractivity contribution is 0.441. The third kappa shape index (κ3) is 4.13. The first kappa shape index (κ1) is 20.2. The van der Waals surface area contributed by atoms with E-state index in [-0.39, 0.29) is 0 Å². The van der Waals surface area contributed by atoms with Gasteiger partial charge in [-0.2, -0.15) is 8.42 Å². The minimum absolute atomic E-state index is 0.431. The zero-order chi connectivity index (χ0) is 20.2. The van der Waals surface area contributed by atoms with E-state index in [4.69, 9.17) is 3.63 Å². The molecule has 0 N–H and O–H groups in total. The van der Waals surface area contributed by atoms with Gasteiger partial charge in [-0.25, -0.2) is 3.63 Å². The van der Waals surface area contributed by atoms with Gasteiger partial charge in [0.1, 0.15) is 0 Å². The average molecular weight is 427 g/mol. The Balaban J connectivity index is 1.93. The highest BCUT2D eigenvalue weighted by Gasteiger charge is 2.40. The van der Waals surface area contributed by atoms with E-state index in [1.807, 2.05) is 91.0 Å². The molecule has 0 saturated heterocycles. The Morgan fingerprint density at radius 2 is 0.966 bits per heavy atom. The second-order valence-electron chi connectivity index (χ2n) is 7.32. The molecule has 1 fully saturated rings. The Hall–Kier alpha value is -2.08. The van der Waals surface area contributed by atoms with Gasteiger partial charge >= 0.3 is 0 Å². The third-order valence-electron chi connectivity index (χ3n) is 5.38. The molecule has 0 unspecified atom stereocenters. The molecule has 0 atom stereocenters. The van der Waals surface area contributed by atoms with E-state index < -0.39 is 25.7 Å². The van der Waals surface area contributed by atoms with Gasteiger partial charge in [0.05, 0.1) is 5.25 Å². The third-order valence-corrected chi connectivity index (χ3v) is 11.1. The van der Waals surface area contributed by atoms with Crippen LogP contribution in [0.4, 0.5) is 0 Å². The summed E-state index contributed by atoms with van der Waals surface area (Å²) in [5.74, 6) is 0. The lowest BCUT2D eigenvalue weighted by Gasteiger charge is -2.40. The Morgan fingerprint density at radius 1 is 0.586 bits per heavy atom. The fourth-order valence-electron chi connectivity index (χ4n) is 3.91. The molecule has 0 bridgehead atoms. The van der Waals surface area contributed by atoms with Crippen LogP contribution in [0.5, 0.6) is 0 Å². The Labute approximate surface area is 175 Å². The molecule has 1 saturated carbocycles. The van der Waals surface area contributed by atoms with Crippen molar-refractivity contribution in [3.05, 3.63) is 91.0 Å². The van der Waals surface area contributed by atoms with Gasteiger partial charge in [-0.1, -0.05) is 73.9 Å². The Kier molecular flexibility index (Phi) is 6.09. The second kappa shape index (κ2) is 8.74. The van der Waals surface area contributed by atoms with Crippen LogP contribution < -0.4 is 0 Å². The highest BCUT2D eigenvalue weighted by Crippen LogP contribution is 2.70. The lowest BCUT2D eigenvalue weighted by atomic mass is 10.0. The predicted octanol–water partition coefficient (Wildman–Crippen LogP) is 6.56. The fraction of sp³-hybridized carbons (Fsp3) is 0.250. The van der Waals surface area contributed by atoms with Crippen molar-refractivity contribution in [2.24, 2.45) is 0 Å². The van der Waals surface area contributed by atoms with Crippen LogP contribution in [0.1, 0.15) is 32.1 Å². The molecule has 0 aliphatic heterocycles. The molecule has 4 rings (SSSR count). The van der Waals surface area contributed by atoms with E-state index in [2.05, 4.69) is 0 Å². The van der Waals surface area contributed by atoms with E-state index in [9.17, 15) is 8.42 Å². The summed E-state index contributed by atoms with van der Waals surface area (Å²) in [5, 5.41) is -0.431. The van der Waals surface area contributed by atoms with Gasteiger partial charge in [0.25, 0.3) is 10.1 Å². The maximum absolute atomic E-state index is 13.5. The van der Waals surface area contributed by atoms with E-state index in [1.54, 1.807) is 0 Å². The first-order valence-electron chi connectivity index (χ1n) is 10.1. The van der Waals surface area contributed by atoms with Crippen molar-refractivity contribution >= 4 is 20.4 Å². The van der Waals surface area contributed by atoms with Crippen molar-refractivity contribution in [1.29, 1.82) is 0 Å². The van der Waals surface area contributed by atoms with Crippen LogP contribution >= 0.6 is 10.3 Å². The highest BCUT2D eigenvalue weighted by atomic mass is 32.3. The highest BCUT2D eigenvalue weighted by molar-refractivity contribution is 8.33. The minimum atomic E-state index is -3.75. The lowest BCUT2D eigenvalue weighted by Crippen LogP contribution is -2.27. The van der Waals surface area contributed by atoms with Gasteiger partial charge < -0.3 is 0 Å². The Morgan fingerprint density at radius 3 is 1.34 bits per heavy atom. The molecule has 0 radical (unpaired) electrons. The standard InChI is InChI=1S/C24H26O3S2/c25-29(26,24-19-11-4-12-20-24)27-28(21-13-5-1-6-14-21,22-15-7-2-8-16-22)23-17-9-3-10-18-23/h1-3,5-10,13-18,24H,4,11-12,19-20H2. The minimum Gasteiger partial charge on any atom is -0.206 e. The fourth-order valence-corrected chi connectivity index (χ4v) is 9.79. The van der Waals surface area contributed by atoms with Gasteiger partial charge in [0, 0.05) is 14.7 Å². The quantitative estimate of drug-likeness (QED) is 0.448. The van der Waals surface area contributed by atoms with Crippen molar-refractivity contribution in [2.75, 3.05) is 0 Å². The smallest absolute Gasteiger partial charge is 0.206 e. The molecule has 1 aliphatic rings. The van der Waals surface area contributed by atoms with Crippen molar-refractivity contribution in [2.45, 2.75) is 52.0 Å². The Bertz CT molecular complexity index is 917. The summed E-state index contributed by atoms with van der Waals surface area (Å²) in [7, 11) is -6.18. The summed E-state index contributed by atoms with van der Waals surface area (Å²) < 4.78 is 33.4. The topological polar surface area (TPSA) is 43.4 Å². The van der Waals surface area contributed by atoms with E-state index in [0.29, 0.717) is 12.8 Å². The largest absolute Gasteiger partial charge is 0.280 e. The SMILES string of the molecule is O=S(=O)(OS(c1ccccc1)(c1ccccc1)c1ccccc1)C1CCCCC1. The molecule has 1 aliphatic carbocycles. The predicted molar refractivity (Wildman–Crippen MR) is 119 cm³/mol. The van der Waals surface area contributed by atoms with Crippen LogP contribution in [0.25, 0.3) is 0 Å². The van der Waals surface area contributed by atoms with Gasteiger partial charge in [0.15, 0.2) is 0 Å². The second-order valence-corrected chi connectivity index (χ2v) is 12.0. The summed E-state index contributed by atoms with van der Waals surface area (Å²) in [6.45, 7) is 0. The number of hydrogen-bond acceptors (Lipinski definition) is 3. The van der Waals surface area contributed by atoms with Crippen LogP contribution in [0.2, 0.25) is 0 Å². The molecule has 0 heterocycles. The number of rotatable bonds is 6. The molecule has 3 nitrogen and oxygen atoms in total. The molecule has 3 aromatic carbocycles. The molecule has 3 aromatic rings. The maximum atomic E-state index is 13.5.